The number of hydrogen-bond donors (Lipinski definition) is 3. The number of fused-ring (bicyclic) bond motifs is 1. The quantitative estimate of drug-likeness (QED) is 0.178. The first kappa shape index (κ1) is 27.6. The van der Waals surface area contributed by atoms with Crippen LogP contribution in [0.15, 0.2) is 95.4 Å². The highest BCUT2D eigenvalue weighted by Crippen LogP contribution is 2.45. The molecule has 0 bridgehead atoms. The van der Waals surface area contributed by atoms with Crippen LogP contribution in [0.5, 0.6) is 0 Å². The summed E-state index contributed by atoms with van der Waals surface area (Å²) in [6, 6.07) is 28.4. The number of hydrogen-bond acceptors (Lipinski definition) is 5. The Labute approximate surface area is 258 Å². The predicted octanol–water partition coefficient (Wildman–Crippen LogP) is 7.29. The summed E-state index contributed by atoms with van der Waals surface area (Å²) in [6.07, 6.45) is 1.50. The monoisotopic (exact) mass is 601 g/mol. The van der Waals surface area contributed by atoms with Gasteiger partial charge in [0.25, 0.3) is 11.8 Å². The molecular formula is C35H28ClN5O3. The topological polar surface area (TPSA) is 113 Å². The van der Waals surface area contributed by atoms with E-state index in [0.717, 1.165) is 40.7 Å². The van der Waals surface area contributed by atoms with Crippen molar-refractivity contribution in [3.63, 3.8) is 0 Å². The fraction of sp³-hybridized carbons (Fsp3) is 0.143. The maximum atomic E-state index is 13.6. The minimum atomic E-state index is -0.611. The van der Waals surface area contributed by atoms with Crippen molar-refractivity contribution in [2.45, 2.75) is 25.3 Å². The first-order valence-electron chi connectivity index (χ1n) is 14.3. The number of aryl methyl sites for hydroxylation is 1. The Kier molecular flexibility index (Phi) is 6.78. The second kappa shape index (κ2) is 10.8. The smallest absolute Gasteiger partial charge is 0.255 e. The number of H-pyrrole nitrogens is 1. The summed E-state index contributed by atoms with van der Waals surface area (Å²) < 4.78 is 6.19. The molecular weight excluding hydrogens is 574 g/mol. The van der Waals surface area contributed by atoms with Crippen molar-refractivity contribution in [1.82, 2.24) is 25.8 Å². The second-order valence-corrected chi connectivity index (χ2v) is 11.4. The van der Waals surface area contributed by atoms with Crippen LogP contribution in [0.4, 0.5) is 0 Å². The summed E-state index contributed by atoms with van der Waals surface area (Å²) in [5.74, 6) is 1.17. The highest BCUT2D eigenvalue weighted by Gasteiger charge is 2.49. The fourth-order valence-corrected chi connectivity index (χ4v) is 5.78. The lowest BCUT2D eigenvalue weighted by Crippen LogP contribution is -2.35. The van der Waals surface area contributed by atoms with Gasteiger partial charge in [-0.05, 0) is 72.9 Å². The van der Waals surface area contributed by atoms with E-state index in [1.807, 2.05) is 91.9 Å². The Bertz CT molecular complexity index is 2060. The molecule has 9 heteroatoms. The minimum absolute atomic E-state index is 0.207. The predicted molar refractivity (Wildman–Crippen MR) is 170 cm³/mol. The summed E-state index contributed by atoms with van der Waals surface area (Å²) >= 11 is 6.34. The van der Waals surface area contributed by atoms with Crippen LogP contribution < -0.4 is 10.6 Å². The first-order valence-corrected chi connectivity index (χ1v) is 14.7. The van der Waals surface area contributed by atoms with E-state index in [9.17, 15) is 9.59 Å². The fourth-order valence-electron chi connectivity index (χ4n) is 5.56. The van der Waals surface area contributed by atoms with Crippen molar-refractivity contribution in [2.24, 2.45) is 0 Å². The first-order chi connectivity index (χ1) is 21.4. The van der Waals surface area contributed by atoms with Gasteiger partial charge in [-0.25, -0.2) is 4.98 Å². The van der Waals surface area contributed by atoms with Crippen LogP contribution in [0.3, 0.4) is 0 Å². The molecule has 2 heterocycles. The largest absolute Gasteiger partial charge is 0.455 e. The van der Waals surface area contributed by atoms with E-state index in [2.05, 4.69) is 25.8 Å². The standard InChI is InChI=1S/C35H28ClN5O3/c1-20-12-13-23(32(42)39-35(16-17-35)34-38-31(40-41-34)24-10-6-7-11-27(24)36)19-25(20)22-14-15-28-26(18-22)29(33(43)37-2)30(44-28)21-8-4-3-5-9-21/h3-15,18-19H,16-17H2,1-2H3,(H,37,43)(H,39,42)(H,38,40,41). The molecule has 7 rings (SSSR count). The number of furan rings is 1. The Hall–Kier alpha value is -5.21. The van der Waals surface area contributed by atoms with E-state index in [1.165, 1.54) is 0 Å². The number of nitrogens with one attached hydrogen (secondary N) is 3. The number of amides is 2. The number of rotatable bonds is 7. The summed E-state index contributed by atoms with van der Waals surface area (Å²) in [4.78, 5) is 31.3. The van der Waals surface area contributed by atoms with Crippen molar-refractivity contribution in [2.75, 3.05) is 7.05 Å². The number of benzene rings is 4. The molecule has 0 atom stereocenters. The third kappa shape index (κ3) is 4.83. The van der Waals surface area contributed by atoms with Gasteiger partial charge in [0.1, 0.15) is 11.3 Å². The molecule has 0 aliphatic heterocycles. The van der Waals surface area contributed by atoms with Crippen LogP contribution in [0, 0.1) is 6.92 Å². The van der Waals surface area contributed by atoms with Gasteiger partial charge in [-0.3, -0.25) is 14.7 Å². The lowest BCUT2D eigenvalue weighted by atomic mass is 9.95. The van der Waals surface area contributed by atoms with Crippen LogP contribution in [-0.4, -0.2) is 34.0 Å². The molecule has 0 spiro atoms. The van der Waals surface area contributed by atoms with Gasteiger partial charge >= 0.3 is 0 Å². The minimum Gasteiger partial charge on any atom is -0.455 e. The van der Waals surface area contributed by atoms with E-state index in [4.69, 9.17) is 16.0 Å². The SMILES string of the molecule is CNC(=O)c1c(-c2ccccc2)oc2ccc(-c3cc(C(=O)NC4(c5nc(-c6ccccc6Cl)n[nH]5)CC4)ccc3C)cc12. The van der Waals surface area contributed by atoms with Gasteiger partial charge in [-0.15, -0.1) is 0 Å². The van der Waals surface area contributed by atoms with Crippen LogP contribution in [-0.2, 0) is 5.54 Å². The molecule has 1 aliphatic rings. The van der Waals surface area contributed by atoms with Crippen molar-refractivity contribution in [3.05, 3.63) is 119 Å². The molecule has 4 aromatic carbocycles. The van der Waals surface area contributed by atoms with Gasteiger partial charge < -0.3 is 15.1 Å². The molecule has 8 nitrogen and oxygen atoms in total. The van der Waals surface area contributed by atoms with Crippen molar-refractivity contribution in [1.29, 1.82) is 0 Å². The molecule has 44 heavy (non-hydrogen) atoms. The molecule has 218 valence electrons. The summed E-state index contributed by atoms with van der Waals surface area (Å²) in [7, 11) is 1.61. The van der Waals surface area contributed by atoms with Gasteiger partial charge in [-0.1, -0.05) is 66.2 Å². The molecule has 0 saturated heterocycles. The van der Waals surface area contributed by atoms with Crippen molar-refractivity contribution < 1.29 is 14.0 Å². The van der Waals surface area contributed by atoms with E-state index in [0.29, 0.717) is 44.5 Å². The van der Waals surface area contributed by atoms with Gasteiger partial charge in [0.15, 0.2) is 11.6 Å². The van der Waals surface area contributed by atoms with E-state index >= 15 is 0 Å². The molecule has 1 fully saturated rings. The zero-order valence-electron chi connectivity index (χ0n) is 24.1. The molecule has 6 aromatic rings. The highest BCUT2D eigenvalue weighted by molar-refractivity contribution is 6.33. The van der Waals surface area contributed by atoms with Gasteiger partial charge in [0.05, 0.1) is 16.1 Å². The Morgan fingerprint density at radius 3 is 2.41 bits per heavy atom. The van der Waals surface area contributed by atoms with Crippen molar-refractivity contribution in [3.8, 4) is 33.8 Å². The Morgan fingerprint density at radius 1 is 0.886 bits per heavy atom. The van der Waals surface area contributed by atoms with Crippen LogP contribution in [0.2, 0.25) is 5.02 Å². The lowest BCUT2D eigenvalue weighted by Gasteiger charge is -2.16. The highest BCUT2D eigenvalue weighted by atomic mass is 35.5. The molecule has 3 N–H and O–H groups in total. The Balaban J connectivity index is 1.20. The average molecular weight is 602 g/mol. The molecule has 1 saturated carbocycles. The number of aromatic amines is 1. The number of halogens is 1. The maximum Gasteiger partial charge on any atom is 0.255 e. The van der Waals surface area contributed by atoms with E-state index < -0.39 is 5.54 Å². The molecule has 0 unspecified atom stereocenters. The van der Waals surface area contributed by atoms with Crippen LogP contribution in [0.25, 0.3) is 44.8 Å². The number of aromatic nitrogens is 3. The van der Waals surface area contributed by atoms with Gasteiger partial charge in [-0.2, -0.15) is 5.10 Å². The normalized spacial score (nSPS) is 13.5. The van der Waals surface area contributed by atoms with E-state index in [1.54, 1.807) is 13.1 Å². The number of carbonyl (C=O) groups excluding carboxylic acids is 2. The zero-order chi connectivity index (χ0) is 30.4. The summed E-state index contributed by atoms with van der Waals surface area (Å²) in [6.45, 7) is 2.00. The zero-order valence-corrected chi connectivity index (χ0v) is 24.8. The van der Waals surface area contributed by atoms with E-state index in [-0.39, 0.29) is 11.8 Å². The number of carbonyl (C=O) groups is 2. The average Bonchev–Trinajstić information content (AvgIpc) is 3.47. The lowest BCUT2D eigenvalue weighted by molar-refractivity contribution is 0.0927. The third-order valence-corrected chi connectivity index (χ3v) is 8.47. The summed E-state index contributed by atoms with van der Waals surface area (Å²) in [5, 5.41) is 14.6. The van der Waals surface area contributed by atoms with Gasteiger partial charge in [0, 0.05) is 29.1 Å². The third-order valence-electron chi connectivity index (χ3n) is 8.15. The van der Waals surface area contributed by atoms with Crippen LogP contribution >= 0.6 is 11.6 Å². The molecule has 2 aromatic heterocycles. The number of nitrogens with zero attached hydrogens (tertiary/aromatic N) is 2. The van der Waals surface area contributed by atoms with Crippen LogP contribution in [0.1, 0.15) is 44.9 Å². The molecule has 2 amide bonds. The second-order valence-electron chi connectivity index (χ2n) is 11.0. The summed E-state index contributed by atoms with van der Waals surface area (Å²) in [5.41, 5.74) is 5.29. The Morgan fingerprint density at radius 2 is 1.66 bits per heavy atom. The maximum absolute atomic E-state index is 13.6. The molecule has 0 radical (unpaired) electrons. The van der Waals surface area contributed by atoms with Gasteiger partial charge in [0.2, 0.25) is 0 Å². The van der Waals surface area contributed by atoms with Crippen molar-refractivity contribution >= 4 is 34.4 Å². The molecule has 1 aliphatic carbocycles.